The molecule has 3 heterocycles. The topological polar surface area (TPSA) is 55.8 Å². The molecule has 0 spiro atoms. The Balaban J connectivity index is 1.33. The van der Waals surface area contributed by atoms with Crippen molar-refractivity contribution in [2.45, 2.75) is 26.4 Å². The van der Waals surface area contributed by atoms with Gasteiger partial charge in [-0.05, 0) is 45.2 Å². The summed E-state index contributed by atoms with van der Waals surface area (Å²) in [6, 6.07) is 12.5. The molecule has 0 N–H and O–H groups in total. The third kappa shape index (κ3) is 5.47. The van der Waals surface area contributed by atoms with E-state index in [2.05, 4.69) is 51.9 Å². The highest BCUT2D eigenvalue weighted by atomic mass is 16.2. The zero-order chi connectivity index (χ0) is 21.8. The number of benzene rings is 1. The molecule has 2 aromatic rings. The zero-order valence-corrected chi connectivity index (χ0v) is 19.0. The summed E-state index contributed by atoms with van der Waals surface area (Å²) >= 11 is 0. The van der Waals surface area contributed by atoms with Gasteiger partial charge in [-0.3, -0.25) is 14.6 Å². The van der Waals surface area contributed by atoms with Gasteiger partial charge in [0.15, 0.2) is 0 Å². The highest BCUT2D eigenvalue weighted by Crippen LogP contribution is 2.19. The second-order valence-corrected chi connectivity index (χ2v) is 8.99. The highest BCUT2D eigenvalue weighted by Gasteiger charge is 2.21. The molecule has 1 aromatic carbocycles. The molecule has 166 valence electrons. The molecule has 1 amide bonds. The van der Waals surface area contributed by atoms with Crippen LogP contribution in [0.25, 0.3) is 11.3 Å². The Morgan fingerprint density at radius 2 is 1.55 bits per heavy atom. The molecule has 4 rings (SSSR count). The lowest BCUT2D eigenvalue weighted by atomic mass is 10.1. The summed E-state index contributed by atoms with van der Waals surface area (Å²) in [6.07, 6.45) is 0. The average molecular weight is 423 g/mol. The summed E-state index contributed by atoms with van der Waals surface area (Å²) in [5.74, 6) is 0.110. The van der Waals surface area contributed by atoms with Crippen molar-refractivity contribution in [1.29, 1.82) is 0 Å². The predicted octanol–water partition coefficient (Wildman–Crippen LogP) is 2.06. The molecule has 2 aliphatic heterocycles. The summed E-state index contributed by atoms with van der Waals surface area (Å²) in [7, 11) is 2.09. The van der Waals surface area contributed by atoms with E-state index in [4.69, 9.17) is 0 Å². The maximum atomic E-state index is 12.7. The molecular weight excluding hydrogens is 388 g/mol. The SMILES string of the molecule is CC(C)N1CCN(Cc2ccc(-c3ccc(C(=O)N4CCN(C)CC4)cc3)nn2)CC1. The van der Waals surface area contributed by atoms with Gasteiger partial charge in [-0.1, -0.05) is 12.1 Å². The molecule has 0 unspecified atom stereocenters. The first kappa shape index (κ1) is 21.9. The van der Waals surface area contributed by atoms with Crippen molar-refractivity contribution in [3.05, 3.63) is 47.7 Å². The third-order valence-corrected chi connectivity index (χ3v) is 6.46. The number of nitrogens with zero attached hydrogens (tertiary/aromatic N) is 6. The molecule has 2 aliphatic rings. The second-order valence-electron chi connectivity index (χ2n) is 8.99. The van der Waals surface area contributed by atoms with Gasteiger partial charge in [-0.15, -0.1) is 0 Å². The summed E-state index contributed by atoms with van der Waals surface area (Å²) < 4.78 is 0. The molecule has 7 nitrogen and oxygen atoms in total. The molecule has 0 atom stereocenters. The van der Waals surface area contributed by atoms with Crippen LogP contribution in [0.15, 0.2) is 36.4 Å². The lowest BCUT2D eigenvalue weighted by Crippen LogP contribution is -2.48. The van der Waals surface area contributed by atoms with Gasteiger partial charge in [0.2, 0.25) is 0 Å². The van der Waals surface area contributed by atoms with E-state index < -0.39 is 0 Å². The summed E-state index contributed by atoms with van der Waals surface area (Å²) in [5.41, 5.74) is 3.56. The Morgan fingerprint density at radius 1 is 0.871 bits per heavy atom. The third-order valence-electron chi connectivity index (χ3n) is 6.46. The number of piperazine rings is 2. The van der Waals surface area contributed by atoms with Gasteiger partial charge in [0.25, 0.3) is 5.91 Å². The predicted molar refractivity (Wildman–Crippen MR) is 123 cm³/mol. The first-order valence-electron chi connectivity index (χ1n) is 11.4. The standard InChI is InChI=1S/C24H34N6O/c1-19(2)29-16-12-28(13-17-29)18-22-8-9-23(26-25-22)20-4-6-21(7-5-20)24(31)30-14-10-27(3)11-15-30/h4-9,19H,10-18H2,1-3H3. The van der Waals surface area contributed by atoms with E-state index in [1.54, 1.807) is 0 Å². The molecule has 2 fully saturated rings. The molecule has 0 saturated carbocycles. The minimum absolute atomic E-state index is 0.110. The van der Waals surface area contributed by atoms with E-state index in [1.165, 1.54) is 0 Å². The molecule has 0 aliphatic carbocycles. The number of likely N-dealkylation sites (N-methyl/N-ethyl adjacent to an activating group) is 1. The van der Waals surface area contributed by atoms with E-state index >= 15 is 0 Å². The first-order valence-corrected chi connectivity index (χ1v) is 11.4. The molecule has 2 saturated heterocycles. The van der Waals surface area contributed by atoms with Gasteiger partial charge < -0.3 is 9.80 Å². The summed E-state index contributed by atoms with van der Waals surface area (Å²) in [5, 5.41) is 8.90. The van der Waals surface area contributed by atoms with Crippen LogP contribution in [0.4, 0.5) is 0 Å². The average Bonchev–Trinajstić information content (AvgIpc) is 2.80. The monoisotopic (exact) mass is 422 g/mol. The normalized spacial score (nSPS) is 19.2. The lowest BCUT2D eigenvalue weighted by Gasteiger charge is -2.36. The highest BCUT2D eigenvalue weighted by molar-refractivity contribution is 5.94. The van der Waals surface area contributed by atoms with Crippen molar-refractivity contribution in [2.75, 3.05) is 59.4 Å². The van der Waals surface area contributed by atoms with Crippen LogP contribution in [0.5, 0.6) is 0 Å². The Hall–Kier alpha value is -2.35. The van der Waals surface area contributed by atoms with Gasteiger partial charge >= 0.3 is 0 Å². The molecule has 0 radical (unpaired) electrons. The van der Waals surface area contributed by atoms with E-state index in [9.17, 15) is 4.79 Å². The molecular formula is C24H34N6O. The van der Waals surface area contributed by atoms with Crippen LogP contribution in [0.2, 0.25) is 0 Å². The van der Waals surface area contributed by atoms with Crippen molar-refractivity contribution >= 4 is 5.91 Å². The number of amides is 1. The Bertz CT molecular complexity index is 851. The van der Waals surface area contributed by atoms with Crippen molar-refractivity contribution in [1.82, 2.24) is 29.8 Å². The minimum Gasteiger partial charge on any atom is -0.336 e. The van der Waals surface area contributed by atoms with E-state index in [0.29, 0.717) is 6.04 Å². The van der Waals surface area contributed by atoms with Crippen molar-refractivity contribution in [3.63, 3.8) is 0 Å². The fraction of sp³-hybridized carbons (Fsp3) is 0.542. The fourth-order valence-corrected chi connectivity index (χ4v) is 4.24. The second kappa shape index (κ2) is 9.85. The zero-order valence-electron chi connectivity index (χ0n) is 19.0. The number of carbonyl (C=O) groups excluding carboxylic acids is 1. The van der Waals surface area contributed by atoms with Gasteiger partial charge in [0.1, 0.15) is 0 Å². The number of hydrogen-bond acceptors (Lipinski definition) is 6. The van der Waals surface area contributed by atoms with Gasteiger partial charge in [0, 0.05) is 76.1 Å². The number of carbonyl (C=O) groups is 1. The van der Waals surface area contributed by atoms with Crippen molar-refractivity contribution in [3.8, 4) is 11.3 Å². The smallest absolute Gasteiger partial charge is 0.253 e. The van der Waals surface area contributed by atoms with Crippen LogP contribution >= 0.6 is 0 Å². The Kier molecular flexibility index (Phi) is 6.95. The Morgan fingerprint density at radius 3 is 2.13 bits per heavy atom. The molecule has 7 heteroatoms. The van der Waals surface area contributed by atoms with Crippen LogP contribution in [-0.2, 0) is 6.54 Å². The van der Waals surface area contributed by atoms with E-state index in [-0.39, 0.29) is 5.91 Å². The maximum Gasteiger partial charge on any atom is 0.253 e. The lowest BCUT2D eigenvalue weighted by molar-refractivity contribution is 0.0664. The number of hydrogen-bond donors (Lipinski definition) is 0. The van der Waals surface area contributed by atoms with Crippen LogP contribution in [0.3, 0.4) is 0 Å². The Labute approximate surface area is 185 Å². The van der Waals surface area contributed by atoms with E-state index in [1.807, 2.05) is 35.2 Å². The quantitative estimate of drug-likeness (QED) is 0.735. The van der Waals surface area contributed by atoms with Crippen molar-refractivity contribution in [2.24, 2.45) is 0 Å². The maximum absolute atomic E-state index is 12.7. The summed E-state index contributed by atoms with van der Waals surface area (Å²) in [6.45, 7) is 13.2. The minimum atomic E-state index is 0.110. The van der Waals surface area contributed by atoms with Crippen LogP contribution in [0, 0.1) is 0 Å². The van der Waals surface area contributed by atoms with Gasteiger partial charge in [0.05, 0.1) is 11.4 Å². The number of rotatable bonds is 5. The van der Waals surface area contributed by atoms with Gasteiger partial charge in [-0.2, -0.15) is 10.2 Å². The molecule has 1 aromatic heterocycles. The molecule has 0 bridgehead atoms. The first-order chi connectivity index (χ1) is 15.0. The van der Waals surface area contributed by atoms with Crippen LogP contribution in [0.1, 0.15) is 29.9 Å². The fourth-order valence-electron chi connectivity index (χ4n) is 4.24. The van der Waals surface area contributed by atoms with Crippen molar-refractivity contribution < 1.29 is 4.79 Å². The van der Waals surface area contributed by atoms with Crippen LogP contribution in [-0.4, -0.2) is 101 Å². The van der Waals surface area contributed by atoms with Gasteiger partial charge in [-0.25, -0.2) is 0 Å². The van der Waals surface area contributed by atoms with E-state index in [0.717, 1.165) is 81.4 Å². The number of aromatic nitrogens is 2. The summed E-state index contributed by atoms with van der Waals surface area (Å²) in [4.78, 5) is 21.9. The largest absolute Gasteiger partial charge is 0.336 e. The van der Waals surface area contributed by atoms with Crippen LogP contribution < -0.4 is 0 Å². The molecule has 31 heavy (non-hydrogen) atoms.